The maximum absolute atomic E-state index is 11.0. The third-order valence-corrected chi connectivity index (χ3v) is 2.26. The van der Waals surface area contributed by atoms with Crippen molar-refractivity contribution in [2.75, 3.05) is 6.54 Å². The summed E-state index contributed by atoms with van der Waals surface area (Å²) in [5.74, 6) is 0.568. The number of hydrogen-bond donors (Lipinski definition) is 1. The van der Waals surface area contributed by atoms with Gasteiger partial charge in [-0.2, -0.15) is 0 Å². The molecule has 0 heterocycles. The Hall–Kier alpha value is -0.0800. The number of carbonyl (C=O) groups is 1. The fourth-order valence-corrected chi connectivity index (χ4v) is 1.59. The van der Waals surface area contributed by atoms with E-state index in [2.05, 4.69) is 0 Å². The molecule has 0 unspecified atom stereocenters. The minimum atomic E-state index is 0. The molecule has 66 valence electrons. The predicted molar refractivity (Wildman–Crippen MR) is 47.9 cm³/mol. The lowest BCUT2D eigenvalue weighted by Crippen LogP contribution is -2.24. The summed E-state index contributed by atoms with van der Waals surface area (Å²) in [7, 11) is 0. The van der Waals surface area contributed by atoms with Crippen molar-refractivity contribution < 1.29 is 4.79 Å². The normalized spacial score (nSPS) is 19.0. The number of Topliss-reactive ketones (excluding diaryl/α,β-unsaturated/α-hetero) is 1. The quantitative estimate of drug-likeness (QED) is 0.695. The number of halogens is 1. The van der Waals surface area contributed by atoms with Crippen molar-refractivity contribution in [3.05, 3.63) is 0 Å². The third kappa shape index (κ3) is 3.21. The van der Waals surface area contributed by atoms with Gasteiger partial charge in [-0.15, -0.1) is 12.4 Å². The van der Waals surface area contributed by atoms with Crippen molar-refractivity contribution in [3.63, 3.8) is 0 Å². The van der Waals surface area contributed by atoms with Gasteiger partial charge in [-0.05, 0) is 12.8 Å². The Kier molecular flexibility index (Phi) is 5.51. The molecular weight excluding hydrogens is 162 g/mol. The van der Waals surface area contributed by atoms with E-state index in [9.17, 15) is 4.79 Å². The first-order chi connectivity index (χ1) is 4.84. The standard InChI is InChI=1S/C8H15NO.ClH/c9-6-8(10)7-4-2-1-3-5-7;/h7H,1-6,9H2;1H. The van der Waals surface area contributed by atoms with E-state index >= 15 is 0 Å². The van der Waals surface area contributed by atoms with Gasteiger partial charge in [0.1, 0.15) is 5.78 Å². The van der Waals surface area contributed by atoms with Crippen LogP contribution in [-0.2, 0) is 4.79 Å². The van der Waals surface area contributed by atoms with Gasteiger partial charge >= 0.3 is 0 Å². The highest BCUT2D eigenvalue weighted by atomic mass is 35.5. The van der Waals surface area contributed by atoms with Crippen LogP contribution in [0, 0.1) is 5.92 Å². The molecule has 1 fully saturated rings. The second-order valence-corrected chi connectivity index (χ2v) is 3.01. The number of hydrogen-bond acceptors (Lipinski definition) is 2. The average molecular weight is 178 g/mol. The first-order valence-electron chi connectivity index (χ1n) is 4.07. The number of carbonyl (C=O) groups excluding carboxylic acids is 1. The SMILES string of the molecule is Cl.NCC(=O)C1CCCCC1. The van der Waals surface area contributed by atoms with E-state index in [4.69, 9.17) is 5.73 Å². The molecule has 1 aliphatic rings. The summed E-state index contributed by atoms with van der Waals surface area (Å²) in [5, 5.41) is 0. The molecule has 0 aromatic rings. The van der Waals surface area contributed by atoms with Crippen LogP contribution in [0.5, 0.6) is 0 Å². The minimum Gasteiger partial charge on any atom is -0.324 e. The van der Waals surface area contributed by atoms with Crippen LogP contribution in [0.3, 0.4) is 0 Å². The Labute approximate surface area is 73.9 Å². The van der Waals surface area contributed by atoms with Gasteiger partial charge in [-0.3, -0.25) is 4.79 Å². The van der Waals surface area contributed by atoms with Gasteiger partial charge in [0.25, 0.3) is 0 Å². The highest BCUT2D eigenvalue weighted by molar-refractivity contribution is 5.85. The predicted octanol–water partition coefficient (Wildman–Crippen LogP) is 1.52. The molecule has 1 saturated carbocycles. The van der Waals surface area contributed by atoms with Crippen LogP contribution in [0.4, 0.5) is 0 Å². The fraction of sp³-hybridized carbons (Fsp3) is 0.875. The van der Waals surface area contributed by atoms with E-state index in [0.29, 0.717) is 5.92 Å². The lowest BCUT2D eigenvalue weighted by molar-refractivity contribution is -0.122. The zero-order valence-electron chi connectivity index (χ0n) is 6.71. The van der Waals surface area contributed by atoms with Gasteiger partial charge in [0.05, 0.1) is 6.54 Å². The first-order valence-corrected chi connectivity index (χ1v) is 4.07. The molecule has 2 nitrogen and oxygen atoms in total. The van der Waals surface area contributed by atoms with E-state index in [0.717, 1.165) is 12.8 Å². The van der Waals surface area contributed by atoms with Gasteiger partial charge in [0, 0.05) is 5.92 Å². The number of ketones is 1. The molecule has 0 spiro atoms. The van der Waals surface area contributed by atoms with Gasteiger partial charge in [-0.1, -0.05) is 19.3 Å². The van der Waals surface area contributed by atoms with Gasteiger partial charge in [0.15, 0.2) is 0 Å². The summed E-state index contributed by atoms with van der Waals surface area (Å²) in [6.45, 7) is 0.241. The molecule has 0 amide bonds. The van der Waals surface area contributed by atoms with Crippen LogP contribution < -0.4 is 5.73 Å². The van der Waals surface area contributed by atoms with Crippen LogP contribution in [0.1, 0.15) is 32.1 Å². The summed E-state index contributed by atoms with van der Waals surface area (Å²) in [6, 6.07) is 0. The Morgan fingerprint density at radius 2 is 1.82 bits per heavy atom. The highest BCUT2D eigenvalue weighted by Gasteiger charge is 2.18. The molecule has 0 bridgehead atoms. The van der Waals surface area contributed by atoms with Crippen molar-refractivity contribution in [1.29, 1.82) is 0 Å². The topological polar surface area (TPSA) is 43.1 Å². The number of nitrogens with two attached hydrogens (primary N) is 1. The third-order valence-electron chi connectivity index (χ3n) is 2.26. The van der Waals surface area contributed by atoms with Crippen LogP contribution in [0.25, 0.3) is 0 Å². The zero-order chi connectivity index (χ0) is 7.40. The molecule has 0 aromatic heterocycles. The Morgan fingerprint density at radius 1 is 1.27 bits per heavy atom. The zero-order valence-corrected chi connectivity index (χ0v) is 7.53. The summed E-state index contributed by atoms with van der Waals surface area (Å²) < 4.78 is 0. The largest absolute Gasteiger partial charge is 0.324 e. The second-order valence-electron chi connectivity index (χ2n) is 3.01. The monoisotopic (exact) mass is 177 g/mol. The average Bonchev–Trinajstić information content (AvgIpc) is 2.05. The lowest BCUT2D eigenvalue weighted by Gasteiger charge is -2.19. The molecule has 2 N–H and O–H groups in total. The van der Waals surface area contributed by atoms with E-state index in [1.165, 1.54) is 19.3 Å². The molecule has 1 rings (SSSR count). The number of rotatable bonds is 2. The lowest BCUT2D eigenvalue weighted by atomic mass is 9.86. The van der Waals surface area contributed by atoms with Crippen molar-refractivity contribution >= 4 is 18.2 Å². The van der Waals surface area contributed by atoms with Gasteiger partial charge in [0.2, 0.25) is 0 Å². The van der Waals surface area contributed by atoms with Crippen molar-refractivity contribution in [2.45, 2.75) is 32.1 Å². The van der Waals surface area contributed by atoms with Crippen LogP contribution in [0.15, 0.2) is 0 Å². The van der Waals surface area contributed by atoms with Gasteiger partial charge in [-0.25, -0.2) is 0 Å². The molecular formula is C8H16ClNO. The summed E-state index contributed by atoms with van der Waals surface area (Å²) >= 11 is 0. The molecule has 0 saturated heterocycles. The Bertz CT molecular complexity index is 121. The molecule has 0 aliphatic heterocycles. The Balaban J connectivity index is 0.000001000. The second kappa shape index (κ2) is 5.56. The smallest absolute Gasteiger partial charge is 0.149 e. The molecule has 0 atom stereocenters. The van der Waals surface area contributed by atoms with E-state index in [1.54, 1.807) is 0 Å². The van der Waals surface area contributed by atoms with Gasteiger partial charge < -0.3 is 5.73 Å². The fourth-order valence-electron chi connectivity index (χ4n) is 1.59. The van der Waals surface area contributed by atoms with E-state index in [1.807, 2.05) is 0 Å². The van der Waals surface area contributed by atoms with Crippen LogP contribution in [-0.4, -0.2) is 12.3 Å². The minimum absolute atomic E-state index is 0. The summed E-state index contributed by atoms with van der Waals surface area (Å²) in [4.78, 5) is 11.0. The van der Waals surface area contributed by atoms with Crippen molar-refractivity contribution in [2.24, 2.45) is 11.7 Å². The van der Waals surface area contributed by atoms with Crippen molar-refractivity contribution in [1.82, 2.24) is 0 Å². The first kappa shape index (κ1) is 10.9. The summed E-state index contributed by atoms with van der Waals surface area (Å²) in [5.41, 5.74) is 5.25. The Morgan fingerprint density at radius 3 is 2.27 bits per heavy atom. The van der Waals surface area contributed by atoms with E-state index < -0.39 is 0 Å². The van der Waals surface area contributed by atoms with E-state index in [-0.39, 0.29) is 24.7 Å². The maximum atomic E-state index is 11.0. The molecule has 11 heavy (non-hydrogen) atoms. The summed E-state index contributed by atoms with van der Waals surface area (Å²) in [6.07, 6.45) is 5.90. The maximum Gasteiger partial charge on any atom is 0.149 e. The molecule has 0 aromatic carbocycles. The van der Waals surface area contributed by atoms with Crippen LogP contribution in [0.2, 0.25) is 0 Å². The highest BCUT2D eigenvalue weighted by Crippen LogP contribution is 2.23. The molecule has 1 aliphatic carbocycles. The van der Waals surface area contributed by atoms with Crippen LogP contribution >= 0.6 is 12.4 Å². The van der Waals surface area contributed by atoms with Crippen molar-refractivity contribution in [3.8, 4) is 0 Å². The molecule has 0 radical (unpaired) electrons. The molecule has 3 heteroatoms.